The minimum atomic E-state index is -0.133. The summed E-state index contributed by atoms with van der Waals surface area (Å²) in [6.45, 7) is 0.825. The van der Waals surface area contributed by atoms with Crippen LogP contribution in [-0.4, -0.2) is 39.5 Å². The minimum absolute atomic E-state index is 0.112. The number of nitrogens with one attached hydrogen (secondary N) is 1. The Kier molecular flexibility index (Phi) is 4.82. The highest BCUT2D eigenvalue weighted by atomic mass is 16.7. The van der Waals surface area contributed by atoms with Crippen molar-refractivity contribution in [2.24, 2.45) is 0 Å². The summed E-state index contributed by atoms with van der Waals surface area (Å²) in [6.07, 6.45) is 7.06. The van der Waals surface area contributed by atoms with E-state index in [1.165, 1.54) is 23.0 Å². The Morgan fingerprint density at radius 3 is 2.73 bits per heavy atom. The molecular weight excluding hydrogens is 382 g/mol. The fourth-order valence-corrected chi connectivity index (χ4v) is 4.50. The zero-order valence-electron chi connectivity index (χ0n) is 16.6. The highest BCUT2D eigenvalue weighted by Crippen LogP contribution is 2.43. The van der Waals surface area contributed by atoms with Gasteiger partial charge in [0.25, 0.3) is 5.91 Å². The van der Waals surface area contributed by atoms with Crippen molar-refractivity contribution in [1.82, 2.24) is 25.5 Å². The van der Waals surface area contributed by atoms with Gasteiger partial charge in [-0.25, -0.2) is 0 Å². The molecule has 30 heavy (non-hydrogen) atoms. The Bertz CT molecular complexity index is 1040. The number of nitrogens with zero attached hydrogens (tertiary/aromatic N) is 4. The SMILES string of the molecule is O=C(NCC1(c2ccc3c(c2)OCO3)CCCCC1)c1ccccc1-n1cnnn1. The lowest BCUT2D eigenvalue weighted by Crippen LogP contribution is -2.42. The number of fused-ring (bicyclic) bond motifs is 1. The molecule has 1 fully saturated rings. The van der Waals surface area contributed by atoms with Crippen LogP contribution in [-0.2, 0) is 5.41 Å². The summed E-state index contributed by atoms with van der Waals surface area (Å²) in [4.78, 5) is 13.1. The normalized spacial score (nSPS) is 16.9. The van der Waals surface area contributed by atoms with Crippen LogP contribution in [0.1, 0.15) is 48.0 Å². The molecule has 8 nitrogen and oxygen atoms in total. The molecule has 5 rings (SSSR count). The van der Waals surface area contributed by atoms with Gasteiger partial charge in [-0.3, -0.25) is 4.79 Å². The summed E-state index contributed by atoms with van der Waals surface area (Å²) in [5, 5.41) is 14.5. The largest absolute Gasteiger partial charge is 0.454 e. The third kappa shape index (κ3) is 3.38. The molecule has 0 saturated heterocycles. The van der Waals surface area contributed by atoms with Crippen LogP contribution < -0.4 is 14.8 Å². The summed E-state index contributed by atoms with van der Waals surface area (Å²) in [7, 11) is 0. The number of rotatable bonds is 5. The Hall–Kier alpha value is -3.42. The second kappa shape index (κ2) is 7.78. The van der Waals surface area contributed by atoms with Gasteiger partial charge in [-0.15, -0.1) is 5.10 Å². The van der Waals surface area contributed by atoms with E-state index in [9.17, 15) is 4.79 Å². The lowest BCUT2D eigenvalue weighted by atomic mass is 9.69. The van der Waals surface area contributed by atoms with Gasteiger partial charge in [0.2, 0.25) is 6.79 Å². The smallest absolute Gasteiger partial charge is 0.253 e. The summed E-state index contributed by atoms with van der Waals surface area (Å²) >= 11 is 0. The molecular formula is C22H23N5O3. The highest BCUT2D eigenvalue weighted by molar-refractivity contribution is 5.97. The van der Waals surface area contributed by atoms with Crippen LogP contribution in [0.2, 0.25) is 0 Å². The average molecular weight is 405 g/mol. The fourth-order valence-electron chi connectivity index (χ4n) is 4.50. The van der Waals surface area contributed by atoms with Gasteiger partial charge in [-0.2, -0.15) is 4.68 Å². The molecule has 0 atom stereocenters. The van der Waals surface area contributed by atoms with Crippen LogP contribution >= 0.6 is 0 Å². The summed E-state index contributed by atoms with van der Waals surface area (Å²) in [5.41, 5.74) is 2.28. The zero-order chi connectivity index (χ0) is 20.4. The van der Waals surface area contributed by atoms with Crippen LogP contribution in [0.5, 0.6) is 11.5 Å². The quantitative estimate of drug-likeness (QED) is 0.702. The number of hydrogen-bond donors (Lipinski definition) is 1. The predicted octanol–water partition coefficient (Wildman–Crippen LogP) is 3.02. The van der Waals surface area contributed by atoms with Gasteiger partial charge in [-0.1, -0.05) is 37.5 Å². The van der Waals surface area contributed by atoms with Crippen LogP contribution in [0.25, 0.3) is 5.69 Å². The number of benzene rings is 2. The first-order valence-electron chi connectivity index (χ1n) is 10.3. The topological polar surface area (TPSA) is 91.2 Å². The molecule has 1 aliphatic carbocycles. The Labute approximate surface area is 174 Å². The second-order valence-corrected chi connectivity index (χ2v) is 7.86. The van der Waals surface area contributed by atoms with Crippen molar-refractivity contribution >= 4 is 5.91 Å². The van der Waals surface area contributed by atoms with Gasteiger partial charge in [0.1, 0.15) is 6.33 Å². The van der Waals surface area contributed by atoms with Crippen LogP contribution in [0.3, 0.4) is 0 Å². The first-order chi connectivity index (χ1) is 14.8. The maximum atomic E-state index is 13.1. The van der Waals surface area contributed by atoms with E-state index in [0.717, 1.165) is 37.2 Å². The van der Waals surface area contributed by atoms with Crippen molar-refractivity contribution in [2.75, 3.05) is 13.3 Å². The number of hydrogen-bond acceptors (Lipinski definition) is 6. The fraction of sp³-hybridized carbons (Fsp3) is 0.364. The number of para-hydroxylation sites is 1. The zero-order valence-corrected chi connectivity index (χ0v) is 16.6. The molecule has 0 bridgehead atoms. The third-order valence-electron chi connectivity index (χ3n) is 6.13. The Morgan fingerprint density at radius 2 is 1.90 bits per heavy atom. The molecule has 0 unspecified atom stereocenters. The molecule has 1 saturated carbocycles. The molecule has 1 aliphatic heterocycles. The van der Waals surface area contributed by atoms with Crippen molar-refractivity contribution in [3.8, 4) is 17.2 Å². The van der Waals surface area contributed by atoms with Crippen molar-refractivity contribution in [3.63, 3.8) is 0 Å². The van der Waals surface area contributed by atoms with Crippen molar-refractivity contribution < 1.29 is 14.3 Å². The lowest BCUT2D eigenvalue weighted by molar-refractivity contribution is 0.0936. The second-order valence-electron chi connectivity index (χ2n) is 7.86. The average Bonchev–Trinajstić information content (AvgIpc) is 3.50. The van der Waals surface area contributed by atoms with Gasteiger partial charge >= 0.3 is 0 Å². The first kappa shape index (κ1) is 18.6. The molecule has 2 aromatic carbocycles. The molecule has 0 radical (unpaired) electrons. The molecule has 2 heterocycles. The third-order valence-corrected chi connectivity index (χ3v) is 6.13. The molecule has 154 valence electrons. The first-order valence-corrected chi connectivity index (χ1v) is 10.3. The summed E-state index contributed by atoms with van der Waals surface area (Å²) in [6, 6.07) is 13.5. The Morgan fingerprint density at radius 1 is 1.07 bits per heavy atom. The molecule has 1 N–H and O–H groups in total. The number of amides is 1. The standard InChI is InChI=1S/C22H23N5O3/c28-21(17-6-2-3-7-18(17)27-14-24-25-26-27)23-13-22(10-4-1-5-11-22)16-8-9-19-20(12-16)30-15-29-19/h2-3,6-9,12,14H,1,4-5,10-11,13,15H2,(H,23,28). The predicted molar refractivity (Wildman–Crippen MR) is 109 cm³/mol. The summed E-state index contributed by atoms with van der Waals surface area (Å²) in [5.74, 6) is 1.43. The van der Waals surface area contributed by atoms with Crippen LogP contribution in [0, 0.1) is 0 Å². The van der Waals surface area contributed by atoms with Crippen molar-refractivity contribution in [2.45, 2.75) is 37.5 Å². The molecule has 1 amide bonds. The van der Waals surface area contributed by atoms with Crippen LogP contribution in [0.15, 0.2) is 48.8 Å². The maximum absolute atomic E-state index is 13.1. The van der Waals surface area contributed by atoms with Crippen molar-refractivity contribution in [1.29, 1.82) is 0 Å². The minimum Gasteiger partial charge on any atom is -0.454 e. The van der Waals surface area contributed by atoms with E-state index in [1.54, 1.807) is 6.07 Å². The lowest BCUT2D eigenvalue weighted by Gasteiger charge is -2.38. The number of carbonyl (C=O) groups is 1. The van der Waals surface area contributed by atoms with Gasteiger partial charge in [0.05, 0.1) is 11.3 Å². The highest BCUT2D eigenvalue weighted by Gasteiger charge is 2.35. The van der Waals surface area contributed by atoms with E-state index in [2.05, 4.69) is 33.0 Å². The van der Waals surface area contributed by atoms with E-state index in [4.69, 9.17) is 9.47 Å². The van der Waals surface area contributed by atoms with Gasteiger partial charge in [0.15, 0.2) is 11.5 Å². The molecule has 8 heteroatoms. The van der Waals surface area contributed by atoms with E-state index in [0.29, 0.717) is 17.8 Å². The number of ether oxygens (including phenoxy) is 2. The van der Waals surface area contributed by atoms with Crippen LogP contribution in [0.4, 0.5) is 0 Å². The van der Waals surface area contributed by atoms with E-state index < -0.39 is 0 Å². The molecule has 0 spiro atoms. The maximum Gasteiger partial charge on any atom is 0.253 e. The molecule has 2 aliphatic rings. The monoisotopic (exact) mass is 405 g/mol. The van der Waals surface area contributed by atoms with E-state index in [1.807, 2.05) is 24.3 Å². The Balaban J connectivity index is 1.40. The van der Waals surface area contributed by atoms with E-state index in [-0.39, 0.29) is 18.1 Å². The molecule has 1 aromatic heterocycles. The van der Waals surface area contributed by atoms with Gasteiger partial charge in [0, 0.05) is 12.0 Å². The summed E-state index contributed by atoms with van der Waals surface area (Å²) < 4.78 is 12.6. The van der Waals surface area contributed by atoms with Gasteiger partial charge in [-0.05, 0) is 53.1 Å². The van der Waals surface area contributed by atoms with Gasteiger partial charge < -0.3 is 14.8 Å². The molecule has 3 aromatic rings. The number of tetrazole rings is 1. The number of carbonyl (C=O) groups excluding carboxylic acids is 1. The number of aromatic nitrogens is 4. The van der Waals surface area contributed by atoms with E-state index >= 15 is 0 Å². The van der Waals surface area contributed by atoms with Crippen molar-refractivity contribution in [3.05, 3.63) is 59.9 Å².